The molecule has 5 aromatic carbocycles. The van der Waals surface area contributed by atoms with Crippen LogP contribution >= 0.6 is 0 Å². The molecule has 0 amide bonds. The molecule has 5 nitrogen and oxygen atoms in total. The molecule has 0 atom stereocenters. The first-order valence-electron chi connectivity index (χ1n) is 16.2. The summed E-state index contributed by atoms with van der Waals surface area (Å²) >= 11 is 0. The van der Waals surface area contributed by atoms with Gasteiger partial charge >= 0.3 is 0 Å². The number of ether oxygens (including phenoxy) is 1. The average Bonchev–Trinajstić information content (AvgIpc) is 3.72. The van der Waals surface area contributed by atoms with E-state index in [4.69, 9.17) is 9.72 Å². The molecule has 0 spiro atoms. The second kappa shape index (κ2) is 13.1. The van der Waals surface area contributed by atoms with Crippen LogP contribution < -0.4 is 14.5 Å². The Morgan fingerprint density at radius 2 is 1.47 bits per heavy atom. The number of benzene rings is 5. The number of hydrogen-bond acceptors (Lipinski definition) is 4. The Balaban J connectivity index is 0.00000378. The summed E-state index contributed by atoms with van der Waals surface area (Å²) in [7, 11) is 0. The zero-order chi connectivity index (χ0) is 32.8. The van der Waals surface area contributed by atoms with E-state index in [1.807, 2.05) is 42.7 Å². The molecular formula is C43H35N4OPt-3. The van der Waals surface area contributed by atoms with Crippen molar-refractivity contribution in [2.75, 3.05) is 9.80 Å². The van der Waals surface area contributed by atoms with Crippen molar-refractivity contribution in [2.45, 2.75) is 33.1 Å². The summed E-state index contributed by atoms with van der Waals surface area (Å²) < 4.78 is 8.60. The monoisotopic (exact) mass is 818 g/mol. The van der Waals surface area contributed by atoms with Gasteiger partial charge < -0.3 is 19.1 Å². The number of pyridine rings is 1. The van der Waals surface area contributed by atoms with E-state index < -0.39 is 0 Å². The second-order valence-electron chi connectivity index (χ2n) is 13.2. The topological polar surface area (TPSA) is 33.5 Å². The van der Waals surface area contributed by atoms with E-state index in [9.17, 15) is 0 Å². The van der Waals surface area contributed by atoms with Gasteiger partial charge in [-0.05, 0) is 76.6 Å². The van der Waals surface area contributed by atoms with Crippen LogP contribution in [0.15, 0.2) is 134 Å². The van der Waals surface area contributed by atoms with E-state index in [1.54, 1.807) is 0 Å². The molecule has 7 aromatic rings. The van der Waals surface area contributed by atoms with Gasteiger partial charge in [-0.3, -0.25) is 0 Å². The molecule has 2 aromatic heterocycles. The largest absolute Gasteiger partial charge is 0.509 e. The Labute approximate surface area is 302 Å². The zero-order valence-corrected chi connectivity index (χ0v) is 30.1. The normalized spacial score (nSPS) is 12.9. The fourth-order valence-corrected chi connectivity index (χ4v) is 6.28. The minimum atomic E-state index is -0.000690. The van der Waals surface area contributed by atoms with Crippen molar-refractivity contribution in [1.29, 1.82) is 0 Å². The Kier molecular flexibility index (Phi) is 8.64. The van der Waals surface area contributed by atoms with Crippen molar-refractivity contribution in [1.82, 2.24) is 9.55 Å². The molecule has 0 saturated heterocycles. The third-order valence-electron chi connectivity index (χ3n) is 8.88. The van der Waals surface area contributed by atoms with Crippen LogP contribution in [-0.4, -0.2) is 9.55 Å². The van der Waals surface area contributed by atoms with E-state index in [-0.39, 0.29) is 26.5 Å². The fourth-order valence-electron chi connectivity index (χ4n) is 6.28. The maximum absolute atomic E-state index is 6.42. The molecule has 6 heteroatoms. The molecule has 0 fully saturated rings. The molecule has 49 heavy (non-hydrogen) atoms. The predicted molar refractivity (Wildman–Crippen MR) is 196 cm³/mol. The molecule has 0 N–H and O–H groups in total. The van der Waals surface area contributed by atoms with Crippen LogP contribution in [0.25, 0.3) is 38.8 Å². The van der Waals surface area contributed by atoms with Crippen LogP contribution in [-0.2, 0) is 26.5 Å². The molecule has 0 saturated carbocycles. The summed E-state index contributed by atoms with van der Waals surface area (Å²) in [6, 6.07) is 46.8. The molecule has 0 unspecified atom stereocenters. The molecule has 0 aliphatic carbocycles. The van der Waals surface area contributed by atoms with Gasteiger partial charge in [-0.2, -0.15) is 12.1 Å². The molecule has 246 valence electrons. The van der Waals surface area contributed by atoms with Crippen LogP contribution in [0.5, 0.6) is 11.5 Å². The maximum atomic E-state index is 6.42. The van der Waals surface area contributed by atoms with Gasteiger partial charge in [0.05, 0.1) is 0 Å². The Bertz CT molecular complexity index is 2320. The van der Waals surface area contributed by atoms with Crippen LogP contribution in [0, 0.1) is 25.7 Å². The van der Waals surface area contributed by atoms with Gasteiger partial charge in [-0.1, -0.05) is 87.0 Å². The third-order valence-corrected chi connectivity index (χ3v) is 8.88. The van der Waals surface area contributed by atoms with E-state index in [2.05, 4.69) is 152 Å². The van der Waals surface area contributed by atoms with E-state index in [0.717, 1.165) is 39.0 Å². The van der Waals surface area contributed by atoms with Crippen LogP contribution in [0.2, 0.25) is 0 Å². The van der Waals surface area contributed by atoms with E-state index >= 15 is 0 Å². The molecule has 0 radical (unpaired) electrons. The number of rotatable bonds is 6. The van der Waals surface area contributed by atoms with Crippen molar-refractivity contribution in [3.05, 3.63) is 164 Å². The molecular weight excluding hydrogens is 784 g/mol. The van der Waals surface area contributed by atoms with Crippen LogP contribution in [0.1, 0.15) is 31.9 Å². The average molecular weight is 819 g/mol. The number of aromatic nitrogens is 2. The third kappa shape index (κ3) is 6.27. The van der Waals surface area contributed by atoms with Gasteiger partial charge in [-0.15, -0.1) is 48.1 Å². The first-order chi connectivity index (χ1) is 23.3. The van der Waals surface area contributed by atoms with Crippen molar-refractivity contribution in [2.24, 2.45) is 0 Å². The SMILES string of the molecule is Cc1ccc(-c2ccccc2)cc1N1C=CN(c2[c-]c(Oc3[c-]c4c(cc3)c3ccccc3n4-c3cc(C(C)(C)C)ccn3)ccc2)[CH-]1.[Pt]. The summed E-state index contributed by atoms with van der Waals surface area (Å²) in [6.07, 6.45) is 6.00. The van der Waals surface area contributed by atoms with Gasteiger partial charge in [0.1, 0.15) is 5.82 Å². The Hall–Kier alpha value is -5.12. The van der Waals surface area contributed by atoms with Gasteiger partial charge in [0.15, 0.2) is 0 Å². The van der Waals surface area contributed by atoms with E-state index in [1.165, 1.54) is 22.3 Å². The molecule has 0 bridgehead atoms. The number of para-hydroxylation sites is 1. The first kappa shape index (κ1) is 32.4. The van der Waals surface area contributed by atoms with Crippen LogP contribution in [0.4, 0.5) is 11.4 Å². The molecule has 8 rings (SSSR count). The van der Waals surface area contributed by atoms with Crippen molar-refractivity contribution in [3.8, 4) is 28.4 Å². The summed E-state index contributed by atoms with van der Waals surface area (Å²) in [5.74, 6) is 2.09. The van der Waals surface area contributed by atoms with Gasteiger partial charge in [0.25, 0.3) is 0 Å². The number of nitrogens with zero attached hydrogens (tertiary/aromatic N) is 4. The maximum Gasteiger partial charge on any atom is 0.135 e. The number of anilines is 2. The molecule has 1 aliphatic rings. The number of fused-ring (bicyclic) bond motifs is 3. The summed E-state index contributed by atoms with van der Waals surface area (Å²) in [4.78, 5) is 9.00. The Morgan fingerprint density at radius 3 is 2.31 bits per heavy atom. The van der Waals surface area contributed by atoms with Crippen molar-refractivity contribution < 1.29 is 25.8 Å². The zero-order valence-electron chi connectivity index (χ0n) is 27.8. The summed E-state index contributed by atoms with van der Waals surface area (Å²) in [5, 5.41) is 2.25. The molecule has 1 aliphatic heterocycles. The second-order valence-corrected chi connectivity index (χ2v) is 13.2. The smallest absolute Gasteiger partial charge is 0.135 e. The van der Waals surface area contributed by atoms with Crippen molar-refractivity contribution >= 4 is 33.2 Å². The van der Waals surface area contributed by atoms with Gasteiger partial charge in [0, 0.05) is 50.0 Å². The van der Waals surface area contributed by atoms with E-state index in [0.29, 0.717) is 11.5 Å². The predicted octanol–water partition coefficient (Wildman–Crippen LogP) is 10.8. The van der Waals surface area contributed by atoms with Crippen molar-refractivity contribution in [3.63, 3.8) is 0 Å². The van der Waals surface area contributed by atoms with Crippen LogP contribution in [0.3, 0.4) is 0 Å². The number of hydrogen-bond donors (Lipinski definition) is 0. The first-order valence-corrected chi connectivity index (χ1v) is 16.2. The minimum absolute atomic E-state index is 0. The molecule has 3 heterocycles. The number of aryl methyl sites for hydroxylation is 1. The summed E-state index contributed by atoms with van der Waals surface area (Å²) in [6.45, 7) is 10.9. The van der Waals surface area contributed by atoms with Gasteiger partial charge in [0.2, 0.25) is 0 Å². The van der Waals surface area contributed by atoms with Gasteiger partial charge in [-0.25, -0.2) is 4.98 Å². The standard InChI is InChI=1S/C43H35N4O.Pt/c1-30-17-18-32(31-11-6-5-7-12-31)25-40(30)46-24-23-45(29-46)34-13-10-14-35(27-34)48-36-19-20-38-37-15-8-9-16-39(37)47(41(38)28-36)42-26-33(21-22-44-42)43(2,3)4;/h5-26,29H,1-4H3;/q-3;. The quantitative estimate of drug-likeness (QED) is 0.157. The fraction of sp³-hybridized carbons (Fsp3) is 0.116. The Morgan fingerprint density at radius 1 is 0.694 bits per heavy atom. The minimum Gasteiger partial charge on any atom is -0.509 e. The summed E-state index contributed by atoms with van der Waals surface area (Å²) in [5.41, 5.74) is 8.81.